The van der Waals surface area contributed by atoms with E-state index >= 15 is 0 Å². The molecule has 0 spiro atoms. The van der Waals surface area contributed by atoms with Gasteiger partial charge in [-0.1, -0.05) is 39.0 Å². The van der Waals surface area contributed by atoms with Crippen LogP contribution in [0.4, 0.5) is 5.69 Å². The minimum atomic E-state index is -4.55. The number of rotatable bonds is 14. The zero-order valence-corrected chi connectivity index (χ0v) is 30.6. The minimum absolute atomic E-state index is 0.0720. The number of nitrogens with zero attached hydrogens (tertiary/aromatic N) is 2. The molecule has 0 fully saturated rings. The molecule has 1 aromatic rings. The van der Waals surface area contributed by atoms with Gasteiger partial charge >= 0.3 is 5.97 Å². The van der Waals surface area contributed by atoms with Crippen molar-refractivity contribution in [3.8, 4) is 0 Å². The molecule has 2 heterocycles. The molecular formula is C36H48N2O9S2. The summed E-state index contributed by atoms with van der Waals surface area (Å²) >= 11 is 0. The van der Waals surface area contributed by atoms with Crippen LogP contribution in [-0.4, -0.2) is 73.4 Å². The van der Waals surface area contributed by atoms with Crippen LogP contribution in [0.1, 0.15) is 72.8 Å². The number of carboxylic acid groups (broad SMARTS) is 1. The van der Waals surface area contributed by atoms with Crippen molar-refractivity contribution < 1.29 is 40.6 Å². The molecule has 13 heteroatoms. The van der Waals surface area contributed by atoms with Gasteiger partial charge in [0.1, 0.15) is 11.9 Å². The van der Waals surface area contributed by atoms with E-state index in [4.69, 9.17) is 4.74 Å². The van der Waals surface area contributed by atoms with Gasteiger partial charge in [0.15, 0.2) is 0 Å². The van der Waals surface area contributed by atoms with Crippen LogP contribution in [0.15, 0.2) is 93.9 Å². The molecular weight excluding hydrogens is 669 g/mol. The van der Waals surface area contributed by atoms with E-state index in [0.29, 0.717) is 23.4 Å². The van der Waals surface area contributed by atoms with Gasteiger partial charge in [-0.25, -0.2) is 0 Å². The number of hydrogen-bond acceptors (Lipinski definition) is 8. The van der Waals surface area contributed by atoms with E-state index in [9.17, 15) is 35.8 Å². The van der Waals surface area contributed by atoms with Crippen LogP contribution in [0.5, 0.6) is 0 Å². The molecule has 0 aromatic heterocycles. The normalized spacial score (nSPS) is 21.8. The fourth-order valence-corrected chi connectivity index (χ4v) is 7.60. The quantitative estimate of drug-likeness (QED) is 0.183. The summed E-state index contributed by atoms with van der Waals surface area (Å²) in [6, 6.07) is 4.23. The number of anilines is 1. The number of allylic oxidation sites excluding steroid dienone is 8. The Balaban J connectivity index is 1.84. The predicted molar refractivity (Wildman–Crippen MR) is 190 cm³/mol. The molecule has 49 heavy (non-hydrogen) atoms. The lowest BCUT2D eigenvalue weighted by atomic mass is 9.77. The molecule has 3 aliphatic rings. The Morgan fingerprint density at radius 1 is 1.08 bits per heavy atom. The largest absolute Gasteiger partial charge is 0.485 e. The van der Waals surface area contributed by atoms with E-state index in [1.165, 1.54) is 12.1 Å². The van der Waals surface area contributed by atoms with Crippen molar-refractivity contribution in [1.82, 2.24) is 4.90 Å². The summed E-state index contributed by atoms with van der Waals surface area (Å²) in [4.78, 5) is 15.3. The van der Waals surface area contributed by atoms with Crippen molar-refractivity contribution in [1.29, 1.82) is 0 Å². The Hall–Kier alpha value is -3.65. The van der Waals surface area contributed by atoms with Crippen molar-refractivity contribution in [2.24, 2.45) is 5.41 Å². The number of carboxylic acids is 1. The molecule has 0 bridgehead atoms. The van der Waals surface area contributed by atoms with E-state index in [-0.39, 0.29) is 42.2 Å². The molecule has 1 aromatic carbocycles. The second kappa shape index (κ2) is 14.7. The molecule has 0 saturated carbocycles. The van der Waals surface area contributed by atoms with Crippen LogP contribution in [0, 0.1) is 5.41 Å². The van der Waals surface area contributed by atoms with E-state index < -0.39 is 37.4 Å². The first-order valence-electron chi connectivity index (χ1n) is 16.5. The predicted octanol–water partition coefficient (Wildman–Crippen LogP) is 6.40. The van der Waals surface area contributed by atoms with Gasteiger partial charge in [-0.05, 0) is 93.7 Å². The minimum Gasteiger partial charge on any atom is -0.485 e. The lowest BCUT2D eigenvalue weighted by molar-refractivity contribution is -0.137. The topological polar surface area (TPSA) is 162 Å². The summed E-state index contributed by atoms with van der Waals surface area (Å²) in [6.45, 7) is 14.3. The number of hydrogen-bond donors (Lipinski definition) is 3. The fraction of sp³-hybridized carbons (Fsp3) is 0.472. The lowest BCUT2D eigenvalue weighted by Crippen LogP contribution is -2.30. The third-order valence-electron chi connectivity index (χ3n) is 9.19. The maximum absolute atomic E-state index is 12.2. The molecule has 0 saturated heterocycles. The Bertz CT molecular complexity index is 1860. The van der Waals surface area contributed by atoms with Gasteiger partial charge in [-0.15, -0.1) is 0 Å². The zero-order chi connectivity index (χ0) is 36.4. The molecule has 4 rings (SSSR count). The Morgan fingerprint density at radius 2 is 1.78 bits per heavy atom. The highest BCUT2D eigenvalue weighted by Crippen LogP contribution is 2.51. The van der Waals surface area contributed by atoms with Crippen LogP contribution >= 0.6 is 0 Å². The smallest absolute Gasteiger partial charge is 0.303 e. The summed E-state index contributed by atoms with van der Waals surface area (Å²) in [6.07, 6.45) is 14.3. The third kappa shape index (κ3) is 8.94. The van der Waals surface area contributed by atoms with E-state index in [0.717, 1.165) is 35.7 Å². The molecule has 3 N–H and O–H groups in total. The van der Waals surface area contributed by atoms with Crippen molar-refractivity contribution in [2.45, 2.75) is 83.6 Å². The molecule has 11 nitrogen and oxygen atoms in total. The van der Waals surface area contributed by atoms with E-state index in [1.54, 1.807) is 6.07 Å². The number of benzene rings is 1. The van der Waals surface area contributed by atoms with Gasteiger partial charge < -0.3 is 19.6 Å². The average Bonchev–Trinajstić information content (AvgIpc) is 3.22. The standard InChI is InChI=1S/C36H48N2O9S2/c1-7-37(8-2)26-15-17-28-25(22-33(35(3,4)5)47-31(28)23-26)12-9-13-32-36(6,19-10-14-34(39)40)29-24-27(49(44,45)46)16-18-30(29)38(32)20-11-21-48(41,42)43/h9,12-13,15-18,22-24,31H,7-8,10-11,14,19-21H2,1-6H3,(H,39,40)(H,41,42,43)(H,44,45,46). The van der Waals surface area contributed by atoms with Crippen molar-refractivity contribution in [2.75, 3.05) is 30.3 Å². The van der Waals surface area contributed by atoms with Crippen molar-refractivity contribution in [3.05, 3.63) is 94.6 Å². The molecule has 2 atom stereocenters. The summed E-state index contributed by atoms with van der Waals surface area (Å²) in [5.74, 6) is -0.615. The second-order valence-corrected chi connectivity index (χ2v) is 16.7. The first kappa shape index (κ1) is 38.2. The molecule has 268 valence electrons. The Morgan fingerprint density at radius 3 is 2.37 bits per heavy atom. The van der Waals surface area contributed by atoms with Crippen LogP contribution < -0.4 is 4.90 Å². The Labute approximate surface area is 290 Å². The second-order valence-electron chi connectivity index (χ2n) is 13.7. The SMILES string of the molecule is CCN(CC)C1=CC2OC(C(C)(C)C)=CC(C=CC=C3N(CCCS(=O)(=O)O)c4ccc(S(=O)(=O)O)cc4C3(C)CCCC(=O)O)=C2C=C1. The van der Waals surface area contributed by atoms with Crippen LogP contribution in [-0.2, 0) is 35.2 Å². The number of ether oxygens (including phenoxy) is 1. The lowest BCUT2D eigenvalue weighted by Gasteiger charge is -2.35. The van der Waals surface area contributed by atoms with Gasteiger partial charge in [-0.2, -0.15) is 16.8 Å². The maximum atomic E-state index is 12.2. The molecule has 2 aliphatic heterocycles. The highest BCUT2D eigenvalue weighted by molar-refractivity contribution is 7.86. The Kier molecular flexibility index (Phi) is 11.4. The number of fused-ring (bicyclic) bond motifs is 2. The van der Waals surface area contributed by atoms with Gasteiger partial charge in [0.05, 0.1) is 10.6 Å². The zero-order valence-electron chi connectivity index (χ0n) is 29.0. The number of likely N-dealkylation sites (N-methyl/N-ethyl adjacent to an activating group) is 1. The van der Waals surface area contributed by atoms with Crippen LogP contribution in [0.3, 0.4) is 0 Å². The van der Waals surface area contributed by atoms with E-state index in [2.05, 4.69) is 57.7 Å². The van der Waals surface area contributed by atoms with Crippen LogP contribution in [0.25, 0.3) is 0 Å². The highest BCUT2D eigenvalue weighted by Gasteiger charge is 2.43. The van der Waals surface area contributed by atoms with Gasteiger partial charge in [0.2, 0.25) is 0 Å². The van der Waals surface area contributed by atoms with Crippen molar-refractivity contribution >= 4 is 31.9 Å². The summed E-state index contributed by atoms with van der Waals surface area (Å²) in [5, 5.41) is 9.40. The van der Waals surface area contributed by atoms with Gasteiger partial charge in [0.25, 0.3) is 20.2 Å². The third-order valence-corrected chi connectivity index (χ3v) is 10.8. The summed E-state index contributed by atoms with van der Waals surface area (Å²) in [5.41, 5.74) is 3.72. The number of aliphatic carboxylic acids is 1. The molecule has 2 unspecified atom stereocenters. The monoisotopic (exact) mass is 716 g/mol. The summed E-state index contributed by atoms with van der Waals surface area (Å²) < 4.78 is 73.3. The maximum Gasteiger partial charge on any atom is 0.303 e. The average molecular weight is 717 g/mol. The van der Waals surface area contributed by atoms with Gasteiger partial charge in [0, 0.05) is 59.5 Å². The van der Waals surface area contributed by atoms with Gasteiger partial charge in [-0.3, -0.25) is 13.9 Å². The van der Waals surface area contributed by atoms with Crippen LogP contribution in [0.2, 0.25) is 0 Å². The number of carbonyl (C=O) groups is 1. The molecule has 0 amide bonds. The highest BCUT2D eigenvalue weighted by atomic mass is 32.2. The fourth-order valence-electron chi connectivity index (χ4n) is 6.60. The molecule has 1 aliphatic carbocycles. The first-order valence-corrected chi connectivity index (χ1v) is 19.6. The first-order chi connectivity index (χ1) is 22.8. The summed E-state index contributed by atoms with van der Waals surface area (Å²) in [7, 11) is -8.79. The molecule has 0 radical (unpaired) electrons. The van der Waals surface area contributed by atoms with Crippen molar-refractivity contribution in [3.63, 3.8) is 0 Å². The van der Waals surface area contributed by atoms with E-state index in [1.807, 2.05) is 36.1 Å².